The maximum Gasteiger partial charge on any atom is 0.433 e. The number of aryl methyl sites for hydroxylation is 1. The van der Waals surface area contributed by atoms with E-state index < -0.39 is 17.6 Å². The molecule has 0 aliphatic heterocycles. The number of fused-ring (bicyclic) bond motifs is 1. The maximum atomic E-state index is 13.1. The van der Waals surface area contributed by atoms with E-state index in [1.807, 2.05) is 37.3 Å². The molecule has 5 rings (SSSR count). The summed E-state index contributed by atoms with van der Waals surface area (Å²) in [6.45, 7) is 1.89. The molecule has 0 atom stereocenters. The van der Waals surface area contributed by atoms with Crippen LogP contribution in [0.25, 0.3) is 27.9 Å². The normalized spacial score (nSPS) is 11.7. The zero-order chi connectivity index (χ0) is 25.4. The lowest BCUT2D eigenvalue weighted by molar-refractivity contribution is -0.141. The van der Waals surface area contributed by atoms with Crippen LogP contribution in [0, 0.1) is 6.92 Å². The zero-order valence-corrected chi connectivity index (χ0v) is 19.2. The van der Waals surface area contributed by atoms with Crippen LogP contribution in [0.3, 0.4) is 0 Å². The highest BCUT2D eigenvalue weighted by atomic mass is 19.4. The molecule has 5 aromatic rings. The summed E-state index contributed by atoms with van der Waals surface area (Å²) in [6.07, 6.45) is -0.302. The van der Waals surface area contributed by atoms with Crippen LogP contribution in [0.5, 0.6) is 5.88 Å². The van der Waals surface area contributed by atoms with Gasteiger partial charge in [0, 0.05) is 29.1 Å². The topological polar surface area (TPSA) is 87.2 Å². The third-order valence-electron chi connectivity index (χ3n) is 5.66. The monoisotopic (exact) mass is 492 g/mol. The Hall–Kier alpha value is -4.54. The number of ether oxygens (including phenoxy) is 1. The van der Waals surface area contributed by atoms with Crippen LogP contribution in [-0.2, 0) is 12.7 Å². The number of aromatic nitrogens is 6. The molecule has 0 radical (unpaired) electrons. The Morgan fingerprint density at radius 3 is 2.42 bits per heavy atom. The second-order valence-electron chi connectivity index (χ2n) is 8.08. The number of benzene rings is 1. The SMILES string of the molecule is COc1ncccc1-c1c(-c2ccc(C)cc2)cnn2c(=O)n(Cc3ccc(C(F)(F)F)nc3)nc12. The van der Waals surface area contributed by atoms with Gasteiger partial charge >= 0.3 is 11.9 Å². The molecule has 8 nitrogen and oxygen atoms in total. The molecule has 4 heterocycles. The lowest BCUT2D eigenvalue weighted by atomic mass is 9.97. The first kappa shape index (κ1) is 23.2. The second-order valence-corrected chi connectivity index (χ2v) is 8.08. The highest BCUT2D eigenvalue weighted by molar-refractivity contribution is 5.92. The molecule has 0 fully saturated rings. The van der Waals surface area contributed by atoms with E-state index in [4.69, 9.17) is 4.74 Å². The highest BCUT2D eigenvalue weighted by Gasteiger charge is 2.32. The molecule has 0 bridgehead atoms. The van der Waals surface area contributed by atoms with Gasteiger partial charge in [-0.25, -0.2) is 14.5 Å². The molecule has 11 heteroatoms. The van der Waals surface area contributed by atoms with Gasteiger partial charge in [-0.15, -0.1) is 5.10 Å². The van der Waals surface area contributed by atoms with E-state index in [1.165, 1.54) is 13.2 Å². The van der Waals surface area contributed by atoms with Gasteiger partial charge in [0.15, 0.2) is 5.65 Å². The van der Waals surface area contributed by atoms with Gasteiger partial charge in [0.25, 0.3) is 0 Å². The summed E-state index contributed by atoms with van der Waals surface area (Å²) < 4.78 is 46.3. The van der Waals surface area contributed by atoms with E-state index in [1.54, 1.807) is 18.5 Å². The van der Waals surface area contributed by atoms with Crippen LogP contribution < -0.4 is 10.4 Å². The zero-order valence-electron chi connectivity index (χ0n) is 19.2. The van der Waals surface area contributed by atoms with E-state index in [9.17, 15) is 18.0 Å². The minimum absolute atomic E-state index is 0.0865. The minimum Gasteiger partial charge on any atom is -0.481 e. The van der Waals surface area contributed by atoms with E-state index >= 15 is 0 Å². The number of hydrogen-bond donors (Lipinski definition) is 0. The molecule has 0 unspecified atom stereocenters. The van der Waals surface area contributed by atoms with Crippen molar-refractivity contribution in [1.82, 2.24) is 29.4 Å². The fraction of sp³-hybridized carbons (Fsp3) is 0.160. The van der Waals surface area contributed by atoms with Gasteiger partial charge in [0.1, 0.15) is 5.69 Å². The van der Waals surface area contributed by atoms with Crippen molar-refractivity contribution >= 4 is 5.65 Å². The lowest BCUT2D eigenvalue weighted by Crippen LogP contribution is -2.23. The first-order valence-electron chi connectivity index (χ1n) is 10.8. The standard InChI is InChI=1S/C25H19F3N6O2/c1-15-5-8-17(9-6-15)19-13-31-34-22(21(19)18-4-3-11-29-23(18)36-2)32-33(24(34)35)14-16-7-10-20(30-12-16)25(26,27)28/h3-13H,14H2,1-2H3. The molecule has 36 heavy (non-hydrogen) atoms. The summed E-state index contributed by atoms with van der Waals surface area (Å²) >= 11 is 0. The van der Waals surface area contributed by atoms with Crippen molar-refractivity contribution in [3.8, 4) is 28.1 Å². The molecule has 0 saturated heterocycles. The van der Waals surface area contributed by atoms with Crippen LogP contribution in [0.15, 0.2) is 71.9 Å². The van der Waals surface area contributed by atoms with Gasteiger partial charge in [-0.1, -0.05) is 35.9 Å². The Morgan fingerprint density at radius 2 is 1.75 bits per heavy atom. The summed E-state index contributed by atoms with van der Waals surface area (Å²) in [5, 5.41) is 8.83. The predicted molar refractivity (Wildman–Crippen MR) is 126 cm³/mol. The predicted octanol–water partition coefficient (Wildman–Crippen LogP) is 4.40. The van der Waals surface area contributed by atoms with Crippen LogP contribution in [0.1, 0.15) is 16.8 Å². The first-order chi connectivity index (χ1) is 17.3. The molecule has 0 saturated carbocycles. The average Bonchev–Trinajstić information content (AvgIpc) is 3.18. The quantitative estimate of drug-likeness (QED) is 0.362. The maximum absolute atomic E-state index is 13.1. The van der Waals surface area contributed by atoms with Crippen molar-refractivity contribution < 1.29 is 17.9 Å². The van der Waals surface area contributed by atoms with Crippen molar-refractivity contribution in [1.29, 1.82) is 0 Å². The van der Waals surface area contributed by atoms with Crippen LogP contribution in [0.2, 0.25) is 0 Å². The number of rotatable bonds is 5. The Bertz CT molecular complexity index is 1610. The summed E-state index contributed by atoms with van der Waals surface area (Å²) in [7, 11) is 1.50. The van der Waals surface area contributed by atoms with Crippen LogP contribution in [-0.4, -0.2) is 36.5 Å². The van der Waals surface area contributed by atoms with Crippen LogP contribution >= 0.6 is 0 Å². The van der Waals surface area contributed by atoms with E-state index in [2.05, 4.69) is 20.2 Å². The van der Waals surface area contributed by atoms with Gasteiger partial charge in [0.2, 0.25) is 5.88 Å². The third-order valence-corrected chi connectivity index (χ3v) is 5.66. The molecular weight excluding hydrogens is 473 g/mol. The number of hydrogen-bond acceptors (Lipinski definition) is 6. The minimum atomic E-state index is -4.55. The molecule has 182 valence electrons. The summed E-state index contributed by atoms with van der Waals surface area (Å²) in [4.78, 5) is 20.9. The largest absolute Gasteiger partial charge is 0.481 e. The number of halogens is 3. The Balaban J connectivity index is 1.69. The molecule has 0 spiro atoms. The Labute approximate surface area is 202 Å². The van der Waals surface area contributed by atoms with Crippen molar-refractivity contribution in [3.63, 3.8) is 0 Å². The number of pyridine rings is 2. The molecular formula is C25H19F3N6O2. The Kier molecular flexibility index (Phi) is 5.75. The molecule has 1 aromatic carbocycles. The lowest BCUT2D eigenvalue weighted by Gasteiger charge is -2.13. The van der Waals surface area contributed by atoms with E-state index in [0.29, 0.717) is 28.1 Å². The smallest absolute Gasteiger partial charge is 0.433 e. The first-order valence-corrected chi connectivity index (χ1v) is 10.8. The molecule has 0 aliphatic carbocycles. The molecule has 0 amide bonds. The molecule has 0 aliphatic rings. The van der Waals surface area contributed by atoms with Crippen molar-refractivity contribution in [2.45, 2.75) is 19.6 Å². The average molecular weight is 492 g/mol. The van der Waals surface area contributed by atoms with Crippen molar-refractivity contribution in [3.05, 3.63) is 94.4 Å². The molecule has 4 aromatic heterocycles. The van der Waals surface area contributed by atoms with Gasteiger partial charge < -0.3 is 4.74 Å². The Morgan fingerprint density at radius 1 is 0.972 bits per heavy atom. The van der Waals surface area contributed by atoms with Gasteiger partial charge in [0.05, 0.1) is 19.9 Å². The fourth-order valence-electron chi connectivity index (χ4n) is 3.88. The van der Waals surface area contributed by atoms with Gasteiger partial charge in [-0.2, -0.15) is 22.8 Å². The summed E-state index contributed by atoms with van der Waals surface area (Å²) in [5.74, 6) is 0.341. The number of methoxy groups -OCH3 is 1. The highest BCUT2D eigenvalue weighted by Crippen LogP contribution is 2.37. The number of alkyl halides is 3. The van der Waals surface area contributed by atoms with Gasteiger partial charge in [-0.3, -0.25) is 4.98 Å². The van der Waals surface area contributed by atoms with Crippen molar-refractivity contribution in [2.24, 2.45) is 0 Å². The third kappa shape index (κ3) is 4.19. The summed E-state index contributed by atoms with van der Waals surface area (Å²) in [6, 6.07) is 13.5. The fourth-order valence-corrected chi connectivity index (χ4v) is 3.88. The summed E-state index contributed by atoms with van der Waals surface area (Å²) in [5.41, 5.74) is 2.91. The van der Waals surface area contributed by atoms with Crippen molar-refractivity contribution in [2.75, 3.05) is 7.11 Å². The second kappa shape index (κ2) is 8.91. The molecule has 0 N–H and O–H groups in total. The van der Waals surface area contributed by atoms with Gasteiger partial charge in [-0.05, 0) is 36.2 Å². The van der Waals surface area contributed by atoms with E-state index in [0.717, 1.165) is 32.6 Å². The van der Waals surface area contributed by atoms with Crippen LogP contribution in [0.4, 0.5) is 13.2 Å². The van der Waals surface area contributed by atoms with E-state index in [-0.39, 0.29) is 12.2 Å². The number of nitrogens with zero attached hydrogens (tertiary/aromatic N) is 6.